The summed E-state index contributed by atoms with van der Waals surface area (Å²) in [4.78, 5) is 12.2. The summed E-state index contributed by atoms with van der Waals surface area (Å²) in [5, 5.41) is 2.63. The second-order valence-corrected chi connectivity index (χ2v) is 6.83. The van der Waals surface area contributed by atoms with Crippen LogP contribution in [0.25, 0.3) is 0 Å². The van der Waals surface area contributed by atoms with E-state index in [1.54, 1.807) is 12.1 Å². The summed E-state index contributed by atoms with van der Waals surface area (Å²) in [7, 11) is 1.51. The number of methoxy groups -OCH3 is 1. The van der Waals surface area contributed by atoms with Gasteiger partial charge in [-0.2, -0.15) is 0 Å². The number of nitrogens with one attached hydrogen (secondary N) is 1. The number of carbonyl (C=O) groups is 1. The fourth-order valence-electron chi connectivity index (χ4n) is 1.95. The largest absolute Gasteiger partial charge is 0.495 e. The number of aryl methyl sites for hydroxylation is 1. The molecule has 1 amide bonds. The van der Waals surface area contributed by atoms with Crippen LogP contribution in [0.1, 0.15) is 5.56 Å². The van der Waals surface area contributed by atoms with Gasteiger partial charge in [0.05, 0.1) is 27.9 Å². The molecule has 0 spiro atoms. The molecule has 2 aromatic carbocycles. The van der Waals surface area contributed by atoms with Crippen molar-refractivity contribution in [3.63, 3.8) is 0 Å². The zero-order valence-corrected chi connectivity index (χ0v) is 16.8. The molecule has 0 saturated heterocycles. The van der Waals surface area contributed by atoms with Crippen LogP contribution in [0.15, 0.2) is 18.2 Å². The van der Waals surface area contributed by atoms with Crippen LogP contribution in [0.3, 0.4) is 0 Å². The van der Waals surface area contributed by atoms with Crippen LogP contribution in [-0.4, -0.2) is 19.6 Å². The first kappa shape index (κ1) is 20.3. The topological polar surface area (TPSA) is 47.6 Å². The average Bonchev–Trinajstić information content (AvgIpc) is 2.58. The molecule has 0 fully saturated rings. The summed E-state index contributed by atoms with van der Waals surface area (Å²) in [5.74, 6) is 0.0555. The van der Waals surface area contributed by atoms with Crippen molar-refractivity contribution in [3.8, 4) is 11.5 Å². The third-order valence-electron chi connectivity index (χ3n) is 3.15. The monoisotopic (exact) mass is 441 g/mol. The van der Waals surface area contributed by atoms with Gasteiger partial charge in [0.25, 0.3) is 5.91 Å². The van der Waals surface area contributed by atoms with Gasteiger partial charge in [0.2, 0.25) is 0 Å². The molecule has 134 valence electrons. The first-order valence-electron chi connectivity index (χ1n) is 6.85. The zero-order valence-electron chi connectivity index (χ0n) is 13.1. The van der Waals surface area contributed by atoms with Gasteiger partial charge in [0.15, 0.2) is 12.4 Å². The summed E-state index contributed by atoms with van der Waals surface area (Å²) < 4.78 is 10.6. The van der Waals surface area contributed by atoms with Crippen molar-refractivity contribution in [3.05, 3.63) is 48.9 Å². The summed E-state index contributed by atoms with van der Waals surface area (Å²) in [6.07, 6.45) is 0. The molecule has 0 aromatic heterocycles. The van der Waals surface area contributed by atoms with Crippen LogP contribution in [0.5, 0.6) is 11.5 Å². The van der Waals surface area contributed by atoms with Crippen LogP contribution in [0.2, 0.25) is 25.1 Å². The summed E-state index contributed by atoms with van der Waals surface area (Å²) >= 11 is 29.9. The van der Waals surface area contributed by atoms with Gasteiger partial charge < -0.3 is 14.8 Å². The molecular formula is C16H12Cl5NO3. The Bertz CT molecular complexity index is 797. The van der Waals surface area contributed by atoms with Crippen molar-refractivity contribution < 1.29 is 14.3 Å². The van der Waals surface area contributed by atoms with Crippen molar-refractivity contribution in [1.29, 1.82) is 0 Å². The number of anilines is 1. The quantitative estimate of drug-likeness (QED) is 0.436. The Morgan fingerprint density at radius 3 is 2.12 bits per heavy atom. The highest BCUT2D eigenvalue weighted by Crippen LogP contribution is 2.48. The zero-order chi connectivity index (χ0) is 18.7. The molecule has 0 radical (unpaired) electrons. The van der Waals surface area contributed by atoms with E-state index in [9.17, 15) is 4.79 Å². The van der Waals surface area contributed by atoms with Crippen molar-refractivity contribution in [2.24, 2.45) is 0 Å². The minimum absolute atomic E-state index is 0.00602. The number of hydrogen-bond acceptors (Lipinski definition) is 3. The second-order valence-electron chi connectivity index (χ2n) is 4.94. The normalized spacial score (nSPS) is 10.5. The van der Waals surface area contributed by atoms with E-state index in [0.29, 0.717) is 11.4 Å². The molecule has 0 atom stereocenters. The lowest BCUT2D eigenvalue weighted by Crippen LogP contribution is -2.21. The van der Waals surface area contributed by atoms with Gasteiger partial charge in [-0.25, -0.2) is 0 Å². The molecular weight excluding hydrogens is 431 g/mol. The van der Waals surface area contributed by atoms with E-state index in [0.717, 1.165) is 5.56 Å². The maximum atomic E-state index is 12.2. The fraction of sp³-hybridized carbons (Fsp3) is 0.188. The maximum absolute atomic E-state index is 12.2. The predicted molar refractivity (Wildman–Crippen MR) is 103 cm³/mol. The minimum Gasteiger partial charge on any atom is -0.495 e. The Kier molecular flexibility index (Phi) is 6.94. The molecule has 2 rings (SSSR count). The molecule has 2 aromatic rings. The average molecular weight is 444 g/mol. The van der Waals surface area contributed by atoms with Crippen LogP contribution in [0.4, 0.5) is 5.69 Å². The number of halogens is 5. The maximum Gasteiger partial charge on any atom is 0.262 e. The van der Waals surface area contributed by atoms with Gasteiger partial charge >= 0.3 is 0 Å². The molecule has 0 bridgehead atoms. The van der Waals surface area contributed by atoms with E-state index >= 15 is 0 Å². The lowest BCUT2D eigenvalue weighted by Gasteiger charge is -2.14. The third-order valence-corrected chi connectivity index (χ3v) is 5.39. The molecule has 4 nitrogen and oxygen atoms in total. The van der Waals surface area contributed by atoms with Crippen molar-refractivity contribution in [1.82, 2.24) is 0 Å². The minimum atomic E-state index is -0.446. The first-order valence-corrected chi connectivity index (χ1v) is 8.74. The molecule has 0 unspecified atom stereocenters. The van der Waals surface area contributed by atoms with E-state index in [1.807, 2.05) is 13.0 Å². The van der Waals surface area contributed by atoms with E-state index in [-0.39, 0.29) is 37.5 Å². The lowest BCUT2D eigenvalue weighted by atomic mass is 10.2. The Morgan fingerprint density at radius 2 is 1.56 bits per heavy atom. The highest BCUT2D eigenvalue weighted by molar-refractivity contribution is 6.55. The van der Waals surface area contributed by atoms with Crippen molar-refractivity contribution in [2.75, 3.05) is 19.0 Å². The third kappa shape index (κ3) is 4.57. The van der Waals surface area contributed by atoms with Crippen molar-refractivity contribution >= 4 is 69.6 Å². The second kappa shape index (κ2) is 8.56. The lowest BCUT2D eigenvalue weighted by molar-refractivity contribution is -0.118. The van der Waals surface area contributed by atoms with Gasteiger partial charge in [-0.1, -0.05) is 64.1 Å². The molecule has 9 heteroatoms. The fourth-order valence-corrected chi connectivity index (χ4v) is 3.19. The van der Waals surface area contributed by atoms with Gasteiger partial charge in [-0.15, -0.1) is 0 Å². The van der Waals surface area contributed by atoms with E-state index in [2.05, 4.69) is 5.32 Å². The first-order chi connectivity index (χ1) is 11.8. The number of rotatable bonds is 5. The summed E-state index contributed by atoms with van der Waals surface area (Å²) in [5.41, 5.74) is 1.47. The summed E-state index contributed by atoms with van der Waals surface area (Å²) in [6, 6.07) is 5.38. The SMILES string of the molecule is COc1ccc(C)cc1NC(=O)COc1c(Cl)c(Cl)c(Cl)c(Cl)c1Cl. The predicted octanol–water partition coefficient (Wildman–Crippen LogP) is 6.29. The number of hydrogen-bond donors (Lipinski definition) is 1. The van der Waals surface area contributed by atoms with Crippen LogP contribution in [-0.2, 0) is 4.79 Å². The molecule has 0 aliphatic heterocycles. The number of ether oxygens (including phenoxy) is 2. The Morgan fingerprint density at radius 1 is 1.00 bits per heavy atom. The molecule has 0 saturated carbocycles. The Hall–Kier alpha value is -1.04. The van der Waals surface area contributed by atoms with Crippen LogP contribution >= 0.6 is 58.0 Å². The molecule has 25 heavy (non-hydrogen) atoms. The van der Waals surface area contributed by atoms with Crippen molar-refractivity contribution in [2.45, 2.75) is 6.92 Å². The Labute approximate surface area is 169 Å². The number of amides is 1. The number of carbonyl (C=O) groups excluding carboxylic acids is 1. The molecule has 0 heterocycles. The van der Waals surface area contributed by atoms with E-state index in [1.165, 1.54) is 7.11 Å². The van der Waals surface area contributed by atoms with Gasteiger partial charge in [-0.3, -0.25) is 4.79 Å². The van der Waals surface area contributed by atoms with E-state index in [4.69, 9.17) is 67.5 Å². The molecule has 0 aliphatic rings. The molecule has 0 aliphatic carbocycles. The van der Waals surface area contributed by atoms with Gasteiger partial charge in [0.1, 0.15) is 15.8 Å². The number of benzene rings is 2. The van der Waals surface area contributed by atoms with Gasteiger partial charge in [-0.05, 0) is 24.6 Å². The molecule has 1 N–H and O–H groups in total. The smallest absolute Gasteiger partial charge is 0.262 e. The highest BCUT2D eigenvalue weighted by atomic mass is 35.5. The Balaban J connectivity index is 2.15. The van der Waals surface area contributed by atoms with Crippen LogP contribution in [0, 0.1) is 6.92 Å². The highest BCUT2D eigenvalue weighted by Gasteiger charge is 2.21. The van der Waals surface area contributed by atoms with E-state index < -0.39 is 5.91 Å². The summed E-state index contributed by atoms with van der Waals surface area (Å²) in [6.45, 7) is 1.52. The van der Waals surface area contributed by atoms with Gasteiger partial charge in [0, 0.05) is 0 Å². The standard InChI is InChI=1S/C16H12Cl5NO3/c1-7-3-4-9(24-2)8(5-7)22-10(23)6-25-16-14(20)12(18)11(17)13(19)15(16)21/h3-5H,6H2,1-2H3,(H,22,23). The van der Waals surface area contributed by atoms with Crippen LogP contribution < -0.4 is 14.8 Å².